The third kappa shape index (κ3) is 2.84. The summed E-state index contributed by atoms with van der Waals surface area (Å²) in [6, 6.07) is 1.86. The van der Waals surface area contributed by atoms with Crippen LogP contribution in [0.25, 0.3) is 0 Å². The Kier molecular flexibility index (Phi) is 2.74. The van der Waals surface area contributed by atoms with Gasteiger partial charge in [0.2, 0.25) is 11.8 Å². The van der Waals surface area contributed by atoms with E-state index < -0.39 is 0 Å². The van der Waals surface area contributed by atoms with E-state index in [1.165, 1.54) is 12.8 Å². The number of aromatic nitrogens is 2. The zero-order valence-corrected chi connectivity index (χ0v) is 10.4. The molecule has 1 aliphatic carbocycles. The largest absolute Gasteiger partial charge is 0.475 e. The maximum Gasteiger partial charge on any atom is 0.226 e. The molecule has 0 bridgehead atoms. The van der Waals surface area contributed by atoms with Crippen LogP contribution >= 0.6 is 0 Å². The summed E-state index contributed by atoms with van der Waals surface area (Å²) in [4.78, 5) is 8.72. The maximum atomic E-state index is 5.58. The van der Waals surface area contributed by atoms with Crippen LogP contribution in [0.15, 0.2) is 6.07 Å². The SMILES string of the molecule is Cc1cc(OC(C)C)nc(NC2(C)CC2)n1. The summed E-state index contributed by atoms with van der Waals surface area (Å²) >= 11 is 0. The van der Waals surface area contributed by atoms with Gasteiger partial charge in [0.15, 0.2) is 0 Å². The van der Waals surface area contributed by atoms with Gasteiger partial charge in [0.25, 0.3) is 0 Å². The Hall–Kier alpha value is -1.32. The van der Waals surface area contributed by atoms with Gasteiger partial charge in [-0.15, -0.1) is 0 Å². The number of nitrogens with zero attached hydrogens (tertiary/aromatic N) is 2. The molecule has 2 rings (SSSR count). The normalized spacial score (nSPS) is 17.3. The average Bonchev–Trinajstić information content (AvgIpc) is 2.80. The van der Waals surface area contributed by atoms with Gasteiger partial charge in [-0.05, 0) is 40.5 Å². The molecule has 0 saturated heterocycles. The fraction of sp³-hybridized carbons (Fsp3) is 0.667. The van der Waals surface area contributed by atoms with Crippen molar-refractivity contribution >= 4 is 5.95 Å². The minimum atomic E-state index is 0.138. The molecule has 4 nitrogen and oxygen atoms in total. The van der Waals surface area contributed by atoms with Crippen molar-refractivity contribution in [2.75, 3.05) is 5.32 Å². The van der Waals surface area contributed by atoms with Gasteiger partial charge < -0.3 is 10.1 Å². The van der Waals surface area contributed by atoms with Gasteiger partial charge in [0.1, 0.15) is 0 Å². The predicted molar refractivity (Wildman–Crippen MR) is 63.8 cm³/mol. The van der Waals surface area contributed by atoms with Crippen LogP contribution in [0.5, 0.6) is 5.88 Å². The van der Waals surface area contributed by atoms with Crippen molar-refractivity contribution in [1.82, 2.24) is 9.97 Å². The molecule has 1 heterocycles. The van der Waals surface area contributed by atoms with Gasteiger partial charge in [-0.2, -0.15) is 4.98 Å². The molecule has 0 amide bonds. The van der Waals surface area contributed by atoms with Crippen LogP contribution in [-0.4, -0.2) is 21.6 Å². The van der Waals surface area contributed by atoms with E-state index in [0.717, 1.165) is 5.69 Å². The molecule has 0 unspecified atom stereocenters. The highest BCUT2D eigenvalue weighted by molar-refractivity contribution is 5.36. The van der Waals surface area contributed by atoms with Crippen molar-refractivity contribution in [3.8, 4) is 5.88 Å². The second kappa shape index (κ2) is 3.92. The second-order valence-electron chi connectivity index (χ2n) is 5.02. The minimum absolute atomic E-state index is 0.138. The number of nitrogens with one attached hydrogen (secondary N) is 1. The first-order valence-corrected chi connectivity index (χ1v) is 5.77. The van der Waals surface area contributed by atoms with E-state index in [1.807, 2.05) is 26.8 Å². The molecule has 1 fully saturated rings. The molecule has 1 aromatic rings. The van der Waals surface area contributed by atoms with Gasteiger partial charge in [-0.1, -0.05) is 0 Å². The van der Waals surface area contributed by atoms with E-state index in [9.17, 15) is 0 Å². The quantitative estimate of drug-likeness (QED) is 0.848. The van der Waals surface area contributed by atoms with Crippen LogP contribution in [0.1, 0.15) is 39.3 Å². The lowest BCUT2D eigenvalue weighted by Crippen LogP contribution is -2.19. The smallest absolute Gasteiger partial charge is 0.226 e. The third-order valence-corrected chi connectivity index (χ3v) is 2.60. The number of rotatable bonds is 4. The predicted octanol–water partition coefficient (Wildman–Crippen LogP) is 2.54. The van der Waals surface area contributed by atoms with Crippen molar-refractivity contribution in [3.05, 3.63) is 11.8 Å². The standard InChI is InChI=1S/C12H19N3O/c1-8(2)16-10-7-9(3)13-11(14-10)15-12(4)5-6-12/h7-8H,5-6H2,1-4H3,(H,13,14,15). The van der Waals surface area contributed by atoms with Crippen molar-refractivity contribution in [2.24, 2.45) is 0 Å². The first-order valence-electron chi connectivity index (χ1n) is 5.77. The van der Waals surface area contributed by atoms with Gasteiger partial charge in [0.05, 0.1) is 6.10 Å². The van der Waals surface area contributed by atoms with Crippen LogP contribution in [0.4, 0.5) is 5.95 Å². The fourth-order valence-electron chi connectivity index (χ4n) is 1.48. The summed E-state index contributed by atoms with van der Waals surface area (Å²) in [5.74, 6) is 1.32. The monoisotopic (exact) mass is 221 g/mol. The topological polar surface area (TPSA) is 47.0 Å². The summed E-state index contributed by atoms with van der Waals surface area (Å²) in [7, 11) is 0. The zero-order valence-electron chi connectivity index (χ0n) is 10.4. The van der Waals surface area contributed by atoms with Gasteiger partial charge in [0, 0.05) is 17.3 Å². The van der Waals surface area contributed by atoms with Crippen LogP contribution in [0.2, 0.25) is 0 Å². The van der Waals surface area contributed by atoms with Gasteiger partial charge in [-0.25, -0.2) is 4.98 Å². The summed E-state index contributed by atoms with van der Waals surface area (Å²) in [6.07, 6.45) is 2.51. The van der Waals surface area contributed by atoms with Crippen molar-refractivity contribution < 1.29 is 4.74 Å². The van der Waals surface area contributed by atoms with E-state index in [2.05, 4.69) is 22.2 Å². The maximum absolute atomic E-state index is 5.58. The van der Waals surface area contributed by atoms with Gasteiger partial charge >= 0.3 is 0 Å². The molecule has 0 spiro atoms. The number of hydrogen-bond donors (Lipinski definition) is 1. The molecule has 0 radical (unpaired) electrons. The third-order valence-electron chi connectivity index (χ3n) is 2.60. The molecule has 1 saturated carbocycles. The molecule has 1 aromatic heterocycles. The summed E-state index contributed by atoms with van der Waals surface area (Å²) in [5, 5.41) is 3.34. The molecule has 0 atom stereocenters. The first-order chi connectivity index (χ1) is 7.47. The van der Waals surface area contributed by atoms with Crippen LogP contribution in [0.3, 0.4) is 0 Å². The molecule has 16 heavy (non-hydrogen) atoms. The van der Waals surface area contributed by atoms with E-state index in [0.29, 0.717) is 11.8 Å². The number of aryl methyl sites for hydroxylation is 1. The number of hydrogen-bond acceptors (Lipinski definition) is 4. The minimum Gasteiger partial charge on any atom is -0.475 e. The summed E-state index contributed by atoms with van der Waals surface area (Å²) < 4.78 is 5.58. The van der Waals surface area contributed by atoms with Crippen LogP contribution < -0.4 is 10.1 Å². The lowest BCUT2D eigenvalue weighted by atomic mass is 10.3. The fourth-order valence-corrected chi connectivity index (χ4v) is 1.48. The summed E-state index contributed by atoms with van der Waals surface area (Å²) in [6.45, 7) is 8.12. The van der Waals surface area contributed by atoms with Crippen molar-refractivity contribution in [1.29, 1.82) is 0 Å². The molecule has 0 aliphatic heterocycles. The number of anilines is 1. The van der Waals surface area contributed by atoms with E-state index in [1.54, 1.807) is 0 Å². The molecule has 0 aromatic carbocycles. The second-order valence-corrected chi connectivity index (χ2v) is 5.02. The molecule has 1 N–H and O–H groups in total. The molecule has 4 heteroatoms. The van der Waals surface area contributed by atoms with E-state index >= 15 is 0 Å². The molecular weight excluding hydrogens is 202 g/mol. The Morgan fingerprint density at radius 2 is 2.06 bits per heavy atom. The highest BCUT2D eigenvalue weighted by Gasteiger charge is 2.37. The lowest BCUT2D eigenvalue weighted by molar-refractivity contribution is 0.232. The molecule has 1 aliphatic rings. The zero-order chi connectivity index (χ0) is 11.8. The number of ether oxygens (including phenoxy) is 1. The summed E-state index contributed by atoms with van der Waals surface area (Å²) in [5.41, 5.74) is 1.13. The first kappa shape index (κ1) is 11.2. The van der Waals surface area contributed by atoms with Crippen molar-refractivity contribution in [2.45, 2.75) is 52.2 Å². The molecular formula is C12H19N3O. The van der Waals surface area contributed by atoms with Crippen LogP contribution in [-0.2, 0) is 0 Å². The Bertz CT molecular complexity index is 386. The lowest BCUT2D eigenvalue weighted by Gasteiger charge is -2.14. The Balaban J connectivity index is 2.15. The van der Waals surface area contributed by atoms with E-state index in [4.69, 9.17) is 4.74 Å². The molecule has 88 valence electrons. The van der Waals surface area contributed by atoms with Gasteiger partial charge in [-0.3, -0.25) is 0 Å². The highest BCUT2D eigenvalue weighted by atomic mass is 16.5. The van der Waals surface area contributed by atoms with E-state index in [-0.39, 0.29) is 11.6 Å². The Morgan fingerprint density at radius 3 is 2.62 bits per heavy atom. The van der Waals surface area contributed by atoms with Crippen LogP contribution in [0, 0.1) is 6.92 Å². The highest BCUT2D eigenvalue weighted by Crippen LogP contribution is 2.37. The van der Waals surface area contributed by atoms with Crippen molar-refractivity contribution in [3.63, 3.8) is 0 Å². The Morgan fingerprint density at radius 1 is 1.38 bits per heavy atom. The Labute approximate surface area is 96.4 Å². The average molecular weight is 221 g/mol.